The number of halogens is 1. The molecule has 0 unspecified atom stereocenters. The quantitative estimate of drug-likeness (QED) is 0.754. The standard InChI is InChI=1S/C18H18FN3O/c1-22(2)9-8-20-18(23)15-5-3-4-12-10-13-11-14(19)6-7-16(13)21-17(12)15/h3-7,10-11H,8-9H2,1-2H3,(H,20,23). The maximum Gasteiger partial charge on any atom is 0.253 e. The van der Waals surface area contributed by atoms with Gasteiger partial charge in [0.2, 0.25) is 0 Å². The third-order valence-electron chi connectivity index (χ3n) is 3.69. The lowest BCUT2D eigenvalue weighted by Gasteiger charge is -2.11. The highest BCUT2D eigenvalue weighted by atomic mass is 19.1. The Balaban J connectivity index is 2.00. The summed E-state index contributed by atoms with van der Waals surface area (Å²) in [6, 6.07) is 11.8. The van der Waals surface area contributed by atoms with Crippen molar-refractivity contribution in [3.05, 3.63) is 53.8 Å². The van der Waals surface area contributed by atoms with Gasteiger partial charge in [0.25, 0.3) is 5.91 Å². The average molecular weight is 311 g/mol. The predicted octanol–water partition coefficient (Wildman–Crippen LogP) is 2.82. The number of rotatable bonds is 4. The van der Waals surface area contributed by atoms with Gasteiger partial charge in [-0.05, 0) is 44.4 Å². The molecule has 23 heavy (non-hydrogen) atoms. The molecular formula is C18H18FN3O. The Morgan fingerprint density at radius 2 is 2.00 bits per heavy atom. The minimum absolute atomic E-state index is 0.147. The lowest BCUT2D eigenvalue weighted by molar-refractivity contribution is 0.0952. The van der Waals surface area contributed by atoms with E-state index in [1.165, 1.54) is 12.1 Å². The number of likely N-dealkylation sites (N-methyl/N-ethyl adjacent to an activating group) is 1. The molecule has 1 N–H and O–H groups in total. The van der Waals surface area contributed by atoms with Crippen LogP contribution in [0, 0.1) is 5.82 Å². The average Bonchev–Trinajstić information content (AvgIpc) is 2.51. The maximum atomic E-state index is 13.4. The van der Waals surface area contributed by atoms with Crippen LogP contribution < -0.4 is 5.32 Å². The summed E-state index contributed by atoms with van der Waals surface area (Å²) in [4.78, 5) is 18.9. The normalized spacial score (nSPS) is 11.3. The Morgan fingerprint density at radius 3 is 2.78 bits per heavy atom. The van der Waals surface area contributed by atoms with Crippen LogP contribution in [0.25, 0.3) is 21.8 Å². The molecule has 0 saturated carbocycles. The van der Waals surface area contributed by atoms with Crippen LogP contribution in [0.1, 0.15) is 10.4 Å². The predicted molar refractivity (Wildman–Crippen MR) is 90.1 cm³/mol. The summed E-state index contributed by atoms with van der Waals surface area (Å²) in [6.07, 6.45) is 0. The van der Waals surface area contributed by atoms with E-state index in [9.17, 15) is 9.18 Å². The third kappa shape index (κ3) is 3.29. The van der Waals surface area contributed by atoms with Gasteiger partial charge >= 0.3 is 0 Å². The lowest BCUT2D eigenvalue weighted by atomic mass is 10.1. The first kappa shape index (κ1) is 15.4. The van der Waals surface area contributed by atoms with Crippen molar-refractivity contribution in [1.29, 1.82) is 0 Å². The number of para-hydroxylation sites is 1. The number of fused-ring (bicyclic) bond motifs is 2. The van der Waals surface area contributed by atoms with E-state index in [4.69, 9.17) is 0 Å². The fourth-order valence-electron chi connectivity index (χ4n) is 2.50. The molecule has 0 bridgehead atoms. The number of pyridine rings is 1. The van der Waals surface area contributed by atoms with Crippen LogP contribution in [-0.4, -0.2) is 43.0 Å². The van der Waals surface area contributed by atoms with E-state index in [1.807, 2.05) is 37.2 Å². The van der Waals surface area contributed by atoms with Gasteiger partial charge in [0.15, 0.2) is 0 Å². The molecule has 1 aromatic heterocycles. The molecule has 2 aromatic carbocycles. The zero-order valence-corrected chi connectivity index (χ0v) is 13.1. The van der Waals surface area contributed by atoms with Crippen molar-refractivity contribution in [1.82, 2.24) is 15.2 Å². The second-order valence-electron chi connectivity index (χ2n) is 5.76. The summed E-state index contributed by atoms with van der Waals surface area (Å²) in [5, 5.41) is 4.45. The molecule has 0 spiro atoms. The molecule has 118 valence electrons. The van der Waals surface area contributed by atoms with Crippen LogP contribution in [0.3, 0.4) is 0 Å². The first-order chi connectivity index (χ1) is 11.0. The summed E-state index contributed by atoms with van der Waals surface area (Å²) in [7, 11) is 3.91. The number of carbonyl (C=O) groups is 1. The van der Waals surface area contributed by atoms with Crippen molar-refractivity contribution < 1.29 is 9.18 Å². The van der Waals surface area contributed by atoms with E-state index >= 15 is 0 Å². The molecule has 3 rings (SSSR count). The van der Waals surface area contributed by atoms with E-state index in [-0.39, 0.29) is 11.7 Å². The number of benzene rings is 2. The number of nitrogens with zero attached hydrogens (tertiary/aromatic N) is 2. The van der Waals surface area contributed by atoms with Crippen LogP contribution in [0.2, 0.25) is 0 Å². The van der Waals surface area contributed by atoms with E-state index in [2.05, 4.69) is 10.3 Å². The van der Waals surface area contributed by atoms with Gasteiger partial charge < -0.3 is 10.2 Å². The van der Waals surface area contributed by atoms with Crippen molar-refractivity contribution >= 4 is 27.7 Å². The van der Waals surface area contributed by atoms with E-state index in [0.717, 1.165) is 17.3 Å². The molecule has 0 fully saturated rings. The van der Waals surface area contributed by atoms with Crippen LogP contribution in [0.5, 0.6) is 0 Å². The fraction of sp³-hybridized carbons (Fsp3) is 0.222. The van der Waals surface area contributed by atoms with Crippen LogP contribution in [0.4, 0.5) is 4.39 Å². The second kappa shape index (κ2) is 6.30. The monoisotopic (exact) mass is 311 g/mol. The van der Waals surface area contributed by atoms with Gasteiger partial charge in [-0.1, -0.05) is 12.1 Å². The molecule has 0 atom stereocenters. The molecule has 0 radical (unpaired) electrons. The molecule has 5 heteroatoms. The molecule has 1 heterocycles. The minimum atomic E-state index is -0.295. The molecule has 3 aromatic rings. The smallest absolute Gasteiger partial charge is 0.253 e. The van der Waals surface area contributed by atoms with Gasteiger partial charge in [-0.3, -0.25) is 4.79 Å². The lowest BCUT2D eigenvalue weighted by Crippen LogP contribution is -2.31. The molecule has 0 aliphatic carbocycles. The number of carbonyl (C=O) groups excluding carboxylic acids is 1. The second-order valence-corrected chi connectivity index (χ2v) is 5.76. The Bertz CT molecular complexity index is 877. The first-order valence-corrected chi connectivity index (χ1v) is 7.46. The summed E-state index contributed by atoms with van der Waals surface area (Å²) < 4.78 is 13.4. The Labute approximate surface area is 133 Å². The minimum Gasteiger partial charge on any atom is -0.351 e. The highest BCUT2D eigenvalue weighted by Crippen LogP contribution is 2.23. The summed E-state index contributed by atoms with van der Waals surface area (Å²) in [5.74, 6) is -0.442. The number of hydrogen-bond donors (Lipinski definition) is 1. The zero-order valence-electron chi connectivity index (χ0n) is 13.1. The van der Waals surface area contributed by atoms with Crippen molar-refractivity contribution in [2.24, 2.45) is 0 Å². The van der Waals surface area contributed by atoms with E-state index in [0.29, 0.717) is 23.1 Å². The van der Waals surface area contributed by atoms with E-state index < -0.39 is 0 Å². The van der Waals surface area contributed by atoms with Gasteiger partial charge in [0, 0.05) is 23.9 Å². The van der Waals surface area contributed by atoms with Gasteiger partial charge in [-0.2, -0.15) is 0 Å². The fourth-order valence-corrected chi connectivity index (χ4v) is 2.50. The molecule has 4 nitrogen and oxygen atoms in total. The largest absolute Gasteiger partial charge is 0.351 e. The number of nitrogens with one attached hydrogen (secondary N) is 1. The van der Waals surface area contributed by atoms with Crippen molar-refractivity contribution in [2.75, 3.05) is 27.2 Å². The molecule has 1 amide bonds. The zero-order chi connectivity index (χ0) is 16.4. The van der Waals surface area contributed by atoms with Gasteiger partial charge in [0.1, 0.15) is 5.82 Å². The summed E-state index contributed by atoms with van der Waals surface area (Å²) in [6.45, 7) is 1.34. The molecular weight excluding hydrogens is 293 g/mol. The van der Waals surface area contributed by atoms with Gasteiger partial charge in [0.05, 0.1) is 16.6 Å². The van der Waals surface area contributed by atoms with Gasteiger partial charge in [-0.15, -0.1) is 0 Å². The van der Waals surface area contributed by atoms with Crippen LogP contribution in [-0.2, 0) is 0 Å². The molecule has 0 aliphatic heterocycles. The Kier molecular flexibility index (Phi) is 4.21. The van der Waals surface area contributed by atoms with Crippen molar-refractivity contribution in [2.45, 2.75) is 0 Å². The topological polar surface area (TPSA) is 45.2 Å². The number of hydrogen-bond acceptors (Lipinski definition) is 3. The maximum absolute atomic E-state index is 13.4. The van der Waals surface area contributed by atoms with Crippen molar-refractivity contribution in [3.8, 4) is 0 Å². The number of aromatic nitrogens is 1. The van der Waals surface area contributed by atoms with Crippen molar-refractivity contribution in [3.63, 3.8) is 0 Å². The van der Waals surface area contributed by atoms with E-state index in [1.54, 1.807) is 12.1 Å². The Morgan fingerprint density at radius 1 is 1.17 bits per heavy atom. The Hall–Kier alpha value is -2.53. The summed E-state index contributed by atoms with van der Waals surface area (Å²) >= 11 is 0. The molecule has 0 saturated heterocycles. The number of amides is 1. The SMILES string of the molecule is CN(C)CCNC(=O)c1cccc2cc3cc(F)ccc3nc12. The first-order valence-electron chi connectivity index (χ1n) is 7.46. The van der Waals surface area contributed by atoms with Gasteiger partial charge in [-0.25, -0.2) is 9.37 Å². The highest BCUT2D eigenvalue weighted by molar-refractivity contribution is 6.07. The highest BCUT2D eigenvalue weighted by Gasteiger charge is 2.12. The van der Waals surface area contributed by atoms with Crippen LogP contribution in [0.15, 0.2) is 42.5 Å². The van der Waals surface area contributed by atoms with Crippen LogP contribution >= 0.6 is 0 Å². The third-order valence-corrected chi connectivity index (χ3v) is 3.69. The summed E-state index contributed by atoms with van der Waals surface area (Å²) in [5.41, 5.74) is 1.84. The molecule has 0 aliphatic rings.